The Morgan fingerprint density at radius 1 is 1.07 bits per heavy atom. The van der Waals surface area contributed by atoms with Crippen molar-refractivity contribution in [3.63, 3.8) is 0 Å². The number of para-hydroxylation sites is 2. The van der Waals surface area contributed by atoms with E-state index in [0.29, 0.717) is 18.4 Å². The van der Waals surface area contributed by atoms with Gasteiger partial charge in [-0.2, -0.15) is 0 Å². The molecule has 1 saturated carbocycles. The largest absolute Gasteiger partial charge is 0.379 e. The zero-order valence-corrected chi connectivity index (χ0v) is 16.8. The SMILES string of the molecule is COCc1cn([C@@H]2C[C@@H]3CN(c4cnc5ccccc5n4)C[C@@H]3C[C@H]2OC)nn1. The van der Waals surface area contributed by atoms with Gasteiger partial charge in [-0.15, -0.1) is 5.10 Å². The Balaban J connectivity index is 1.35. The molecule has 0 radical (unpaired) electrons. The molecule has 29 heavy (non-hydrogen) atoms. The first-order valence-corrected chi connectivity index (χ1v) is 10.1. The highest BCUT2D eigenvalue weighted by atomic mass is 16.5. The quantitative estimate of drug-likeness (QED) is 0.658. The van der Waals surface area contributed by atoms with Gasteiger partial charge in [-0.25, -0.2) is 9.67 Å². The van der Waals surface area contributed by atoms with Crippen LogP contribution >= 0.6 is 0 Å². The number of anilines is 1. The van der Waals surface area contributed by atoms with E-state index in [1.54, 1.807) is 14.2 Å². The molecule has 2 aromatic heterocycles. The molecule has 2 aliphatic rings. The minimum atomic E-state index is 0.135. The summed E-state index contributed by atoms with van der Waals surface area (Å²) in [7, 11) is 3.47. The zero-order valence-electron chi connectivity index (χ0n) is 16.8. The molecule has 3 aromatic rings. The second kappa shape index (κ2) is 7.68. The lowest BCUT2D eigenvalue weighted by Crippen LogP contribution is -2.37. The summed E-state index contributed by atoms with van der Waals surface area (Å²) in [5.41, 5.74) is 2.73. The summed E-state index contributed by atoms with van der Waals surface area (Å²) >= 11 is 0. The lowest BCUT2D eigenvalue weighted by atomic mass is 9.77. The van der Waals surface area contributed by atoms with Crippen LogP contribution in [0.2, 0.25) is 0 Å². The molecule has 0 bridgehead atoms. The van der Waals surface area contributed by atoms with Crippen LogP contribution in [-0.2, 0) is 16.1 Å². The van der Waals surface area contributed by atoms with Crippen molar-refractivity contribution in [2.75, 3.05) is 32.2 Å². The molecule has 152 valence electrons. The van der Waals surface area contributed by atoms with Crippen molar-refractivity contribution in [1.82, 2.24) is 25.0 Å². The fourth-order valence-electron chi connectivity index (χ4n) is 4.90. The third-order valence-corrected chi connectivity index (χ3v) is 6.34. The van der Waals surface area contributed by atoms with Crippen LogP contribution in [0.4, 0.5) is 5.82 Å². The smallest absolute Gasteiger partial charge is 0.147 e. The van der Waals surface area contributed by atoms with Crippen LogP contribution in [0.25, 0.3) is 11.0 Å². The summed E-state index contributed by atoms with van der Waals surface area (Å²) in [6, 6.07) is 8.22. The monoisotopic (exact) mass is 394 g/mol. The summed E-state index contributed by atoms with van der Waals surface area (Å²) in [4.78, 5) is 11.8. The number of fused-ring (bicyclic) bond motifs is 2. The first kappa shape index (κ1) is 18.4. The summed E-state index contributed by atoms with van der Waals surface area (Å²) in [5.74, 6) is 2.13. The number of benzene rings is 1. The Morgan fingerprint density at radius 3 is 2.66 bits per heavy atom. The summed E-state index contributed by atoms with van der Waals surface area (Å²) < 4.78 is 13.0. The highest BCUT2D eigenvalue weighted by Crippen LogP contribution is 2.43. The van der Waals surface area contributed by atoms with E-state index in [0.717, 1.165) is 48.5 Å². The maximum absolute atomic E-state index is 5.87. The molecular formula is C21H26N6O2. The van der Waals surface area contributed by atoms with Gasteiger partial charge in [0.15, 0.2) is 0 Å². The molecule has 4 atom stereocenters. The van der Waals surface area contributed by atoms with Crippen molar-refractivity contribution >= 4 is 16.9 Å². The molecule has 8 heteroatoms. The van der Waals surface area contributed by atoms with E-state index >= 15 is 0 Å². The standard InChI is InChI=1S/C21H26N6O2/c1-28-13-16-12-27(25-24-16)19-7-14-10-26(11-15(14)8-20(19)29-2)21-9-22-17-5-3-4-6-18(17)23-21/h3-6,9,12,14-15,19-20H,7-8,10-11,13H2,1-2H3/t14-,15+,19-,20-/m1/s1. The predicted molar refractivity (Wildman–Crippen MR) is 109 cm³/mol. The number of aromatic nitrogens is 5. The number of methoxy groups -OCH3 is 2. The molecule has 0 N–H and O–H groups in total. The van der Waals surface area contributed by atoms with Crippen molar-refractivity contribution in [3.05, 3.63) is 42.4 Å². The Labute approximate surface area is 169 Å². The molecule has 0 spiro atoms. The Hall–Kier alpha value is -2.58. The van der Waals surface area contributed by atoms with Crippen molar-refractivity contribution < 1.29 is 9.47 Å². The maximum Gasteiger partial charge on any atom is 0.147 e. The summed E-state index contributed by atoms with van der Waals surface area (Å²) in [6.45, 7) is 2.46. The van der Waals surface area contributed by atoms with Crippen LogP contribution in [0.1, 0.15) is 24.6 Å². The second-order valence-corrected chi connectivity index (χ2v) is 8.08. The molecular weight excluding hydrogens is 368 g/mol. The van der Waals surface area contributed by atoms with Gasteiger partial charge in [-0.05, 0) is 36.8 Å². The van der Waals surface area contributed by atoms with E-state index in [9.17, 15) is 0 Å². The van der Waals surface area contributed by atoms with Gasteiger partial charge in [0.1, 0.15) is 11.5 Å². The van der Waals surface area contributed by atoms with Crippen LogP contribution in [0.5, 0.6) is 0 Å². The van der Waals surface area contributed by atoms with Gasteiger partial charge in [-0.3, -0.25) is 4.98 Å². The molecule has 2 fully saturated rings. The fourth-order valence-corrected chi connectivity index (χ4v) is 4.90. The lowest BCUT2D eigenvalue weighted by molar-refractivity contribution is -0.00544. The summed E-state index contributed by atoms with van der Waals surface area (Å²) in [6.07, 6.45) is 6.07. The highest BCUT2D eigenvalue weighted by molar-refractivity contribution is 5.75. The van der Waals surface area contributed by atoms with Crippen molar-refractivity contribution in [2.24, 2.45) is 11.8 Å². The van der Waals surface area contributed by atoms with Crippen LogP contribution < -0.4 is 4.90 Å². The third-order valence-electron chi connectivity index (χ3n) is 6.34. The molecule has 8 nitrogen and oxygen atoms in total. The number of nitrogens with zero attached hydrogens (tertiary/aromatic N) is 6. The van der Waals surface area contributed by atoms with Gasteiger partial charge in [0.2, 0.25) is 0 Å². The molecule has 5 rings (SSSR count). The molecule has 1 aliphatic heterocycles. The number of hydrogen-bond donors (Lipinski definition) is 0. The Bertz CT molecular complexity index is 992. The van der Waals surface area contributed by atoms with Crippen LogP contribution in [0.15, 0.2) is 36.7 Å². The van der Waals surface area contributed by atoms with E-state index in [-0.39, 0.29) is 12.1 Å². The first-order valence-electron chi connectivity index (χ1n) is 10.1. The first-order chi connectivity index (χ1) is 14.2. The third kappa shape index (κ3) is 3.47. The van der Waals surface area contributed by atoms with Crippen molar-refractivity contribution in [3.8, 4) is 0 Å². The second-order valence-electron chi connectivity index (χ2n) is 8.08. The van der Waals surface area contributed by atoms with Crippen LogP contribution in [0.3, 0.4) is 0 Å². The normalized spacial score (nSPS) is 26.8. The van der Waals surface area contributed by atoms with Gasteiger partial charge < -0.3 is 14.4 Å². The van der Waals surface area contributed by atoms with Crippen LogP contribution in [-0.4, -0.2) is 58.4 Å². The van der Waals surface area contributed by atoms with Crippen molar-refractivity contribution in [2.45, 2.75) is 31.6 Å². The Morgan fingerprint density at radius 2 is 1.86 bits per heavy atom. The number of hydrogen-bond acceptors (Lipinski definition) is 7. The molecule has 3 heterocycles. The average molecular weight is 394 g/mol. The van der Waals surface area contributed by atoms with Gasteiger partial charge in [0.25, 0.3) is 0 Å². The van der Waals surface area contributed by atoms with Gasteiger partial charge >= 0.3 is 0 Å². The number of rotatable bonds is 5. The zero-order chi connectivity index (χ0) is 19.8. The molecule has 0 amide bonds. The minimum Gasteiger partial charge on any atom is -0.379 e. The highest BCUT2D eigenvalue weighted by Gasteiger charge is 2.44. The Kier molecular flexibility index (Phi) is 4.89. The topological polar surface area (TPSA) is 78.2 Å². The molecule has 0 unspecified atom stereocenters. The van der Waals surface area contributed by atoms with Gasteiger partial charge in [-0.1, -0.05) is 17.3 Å². The van der Waals surface area contributed by atoms with E-state index in [2.05, 4.69) is 20.2 Å². The van der Waals surface area contributed by atoms with E-state index in [1.807, 2.05) is 41.3 Å². The predicted octanol–water partition coefficient (Wildman–Crippen LogP) is 2.47. The number of ether oxygens (including phenoxy) is 2. The van der Waals surface area contributed by atoms with Crippen molar-refractivity contribution in [1.29, 1.82) is 0 Å². The van der Waals surface area contributed by atoms with E-state index in [1.165, 1.54) is 0 Å². The lowest BCUT2D eigenvalue weighted by Gasteiger charge is -2.36. The van der Waals surface area contributed by atoms with Gasteiger partial charge in [0, 0.05) is 27.3 Å². The average Bonchev–Trinajstić information content (AvgIpc) is 3.39. The van der Waals surface area contributed by atoms with E-state index < -0.39 is 0 Å². The fraction of sp³-hybridized carbons (Fsp3) is 0.524. The summed E-state index contributed by atoms with van der Waals surface area (Å²) in [5, 5.41) is 8.58. The van der Waals surface area contributed by atoms with E-state index in [4.69, 9.17) is 14.5 Å². The maximum atomic E-state index is 5.87. The molecule has 1 aliphatic carbocycles. The molecule has 1 saturated heterocycles. The minimum absolute atomic E-state index is 0.135. The van der Waals surface area contributed by atoms with Gasteiger partial charge in [0.05, 0.1) is 42.2 Å². The molecule has 1 aromatic carbocycles. The van der Waals surface area contributed by atoms with Crippen LogP contribution in [0, 0.1) is 11.8 Å².